The van der Waals surface area contributed by atoms with Crippen molar-refractivity contribution in [3.05, 3.63) is 64.9 Å². The Morgan fingerprint density at radius 3 is 2.67 bits per heavy atom. The van der Waals surface area contributed by atoms with Crippen molar-refractivity contribution in [2.24, 2.45) is 5.10 Å². The highest BCUT2D eigenvalue weighted by Crippen LogP contribution is 2.07. The molecule has 0 aliphatic carbocycles. The Morgan fingerprint density at radius 1 is 1.22 bits per heavy atom. The number of carbonyl (C=O) groups is 1. The third-order valence-electron chi connectivity index (χ3n) is 2.15. The average Bonchev–Trinajstić information content (AvgIpc) is 2.42. The highest BCUT2D eigenvalue weighted by Gasteiger charge is 2.03. The Kier molecular flexibility index (Phi) is 4.04. The van der Waals surface area contributed by atoms with E-state index in [9.17, 15) is 4.79 Å². The molecule has 5 heteroatoms. The Hall–Kier alpha value is -2.20. The van der Waals surface area contributed by atoms with Crippen molar-refractivity contribution in [1.29, 1.82) is 0 Å². The molecule has 2 aromatic rings. The first-order chi connectivity index (χ1) is 8.75. The normalized spacial score (nSPS) is 10.5. The number of nitrogens with one attached hydrogen (secondary N) is 1. The summed E-state index contributed by atoms with van der Waals surface area (Å²) in [6.07, 6.45) is 3.09. The molecule has 1 amide bonds. The van der Waals surface area contributed by atoms with Gasteiger partial charge < -0.3 is 0 Å². The molecule has 4 nitrogen and oxygen atoms in total. The Bertz CT molecular complexity index is 552. The first-order valence-corrected chi connectivity index (χ1v) is 5.63. The predicted octanol–water partition coefficient (Wildman–Crippen LogP) is 2.50. The molecular formula is C13H10ClN3O. The molecule has 0 unspecified atom stereocenters. The van der Waals surface area contributed by atoms with Crippen molar-refractivity contribution in [3.8, 4) is 0 Å². The first-order valence-electron chi connectivity index (χ1n) is 5.26. The quantitative estimate of drug-likeness (QED) is 0.680. The van der Waals surface area contributed by atoms with Crippen molar-refractivity contribution < 1.29 is 4.79 Å². The molecule has 2 rings (SSSR count). The number of halogens is 1. The van der Waals surface area contributed by atoms with Crippen LogP contribution in [0.2, 0.25) is 5.02 Å². The summed E-state index contributed by atoms with van der Waals surface area (Å²) < 4.78 is 0. The van der Waals surface area contributed by atoms with Gasteiger partial charge in [0.1, 0.15) is 5.69 Å². The maximum absolute atomic E-state index is 11.6. The fraction of sp³-hybridized carbons (Fsp3) is 0. The lowest BCUT2D eigenvalue weighted by Gasteiger charge is -1.98. The van der Waals surface area contributed by atoms with Crippen LogP contribution in [0, 0.1) is 0 Å². The molecule has 0 radical (unpaired) electrons. The minimum absolute atomic E-state index is 0.325. The van der Waals surface area contributed by atoms with E-state index in [0.29, 0.717) is 10.7 Å². The lowest BCUT2D eigenvalue weighted by molar-refractivity contribution is 0.0950. The first kappa shape index (κ1) is 12.3. The third kappa shape index (κ3) is 3.40. The molecule has 18 heavy (non-hydrogen) atoms. The molecule has 0 atom stereocenters. The molecule has 0 saturated heterocycles. The molecule has 0 bridgehead atoms. The zero-order chi connectivity index (χ0) is 12.8. The highest BCUT2D eigenvalue weighted by molar-refractivity contribution is 6.30. The van der Waals surface area contributed by atoms with Gasteiger partial charge in [-0.2, -0.15) is 5.10 Å². The summed E-state index contributed by atoms with van der Waals surface area (Å²) in [7, 11) is 0. The molecule has 0 aliphatic rings. The maximum atomic E-state index is 11.6. The predicted molar refractivity (Wildman–Crippen MR) is 70.7 cm³/mol. The number of nitrogens with zero attached hydrogens (tertiary/aromatic N) is 2. The van der Waals surface area contributed by atoms with Crippen LogP contribution in [0.15, 0.2) is 53.8 Å². The van der Waals surface area contributed by atoms with Gasteiger partial charge >= 0.3 is 0 Å². The zero-order valence-corrected chi connectivity index (χ0v) is 10.1. The minimum Gasteiger partial charge on any atom is -0.266 e. The topological polar surface area (TPSA) is 54.4 Å². The van der Waals surface area contributed by atoms with Crippen LogP contribution in [0.4, 0.5) is 0 Å². The maximum Gasteiger partial charge on any atom is 0.289 e. The van der Waals surface area contributed by atoms with E-state index in [0.717, 1.165) is 5.56 Å². The molecule has 1 aromatic carbocycles. The second kappa shape index (κ2) is 5.93. The lowest BCUT2D eigenvalue weighted by atomic mass is 10.2. The van der Waals surface area contributed by atoms with Crippen LogP contribution in [-0.2, 0) is 0 Å². The van der Waals surface area contributed by atoms with Gasteiger partial charge in [0.15, 0.2) is 0 Å². The summed E-state index contributed by atoms with van der Waals surface area (Å²) in [4.78, 5) is 15.5. The smallest absolute Gasteiger partial charge is 0.266 e. The summed E-state index contributed by atoms with van der Waals surface area (Å²) >= 11 is 5.75. The van der Waals surface area contributed by atoms with Gasteiger partial charge in [0, 0.05) is 11.2 Å². The van der Waals surface area contributed by atoms with E-state index in [1.54, 1.807) is 48.7 Å². The highest BCUT2D eigenvalue weighted by atomic mass is 35.5. The molecule has 1 heterocycles. The van der Waals surface area contributed by atoms with Gasteiger partial charge in [0.25, 0.3) is 5.91 Å². The second-order valence-electron chi connectivity index (χ2n) is 3.47. The van der Waals surface area contributed by atoms with Crippen LogP contribution in [0.25, 0.3) is 0 Å². The number of hydrazone groups is 1. The zero-order valence-electron chi connectivity index (χ0n) is 9.38. The number of aromatic nitrogens is 1. The number of rotatable bonds is 3. The number of hydrogen-bond donors (Lipinski definition) is 1. The number of pyridine rings is 1. The van der Waals surface area contributed by atoms with Gasteiger partial charge in [-0.25, -0.2) is 5.43 Å². The summed E-state index contributed by atoms with van der Waals surface area (Å²) in [5.41, 5.74) is 3.57. The van der Waals surface area contributed by atoms with E-state index in [-0.39, 0.29) is 5.91 Å². The molecule has 0 saturated carbocycles. The summed E-state index contributed by atoms with van der Waals surface area (Å²) in [6, 6.07) is 12.2. The van der Waals surface area contributed by atoms with Crippen molar-refractivity contribution >= 4 is 23.7 Å². The fourth-order valence-electron chi connectivity index (χ4n) is 1.27. The van der Waals surface area contributed by atoms with Crippen LogP contribution in [0.3, 0.4) is 0 Å². The van der Waals surface area contributed by atoms with Crippen LogP contribution < -0.4 is 5.43 Å². The van der Waals surface area contributed by atoms with Crippen molar-refractivity contribution in [2.45, 2.75) is 0 Å². The van der Waals surface area contributed by atoms with Gasteiger partial charge in [0.05, 0.1) is 6.21 Å². The van der Waals surface area contributed by atoms with E-state index < -0.39 is 0 Å². The van der Waals surface area contributed by atoms with E-state index in [1.807, 2.05) is 0 Å². The molecule has 90 valence electrons. The van der Waals surface area contributed by atoms with Gasteiger partial charge in [-0.1, -0.05) is 29.8 Å². The van der Waals surface area contributed by atoms with E-state index in [2.05, 4.69) is 15.5 Å². The van der Waals surface area contributed by atoms with E-state index >= 15 is 0 Å². The molecule has 1 N–H and O–H groups in total. The molecule has 0 spiro atoms. The number of amides is 1. The van der Waals surface area contributed by atoms with Crippen molar-refractivity contribution in [1.82, 2.24) is 10.4 Å². The van der Waals surface area contributed by atoms with Gasteiger partial charge in [-0.05, 0) is 29.8 Å². The van der Waals surface area contributed by atoms with Crippen molar-refractivity contribution in [2.75, 3.05) is 0 Å². The molecule has 0 fully saturated rings. The average molecular weight is 260 g/mol. The largest absolute Gasteiger partial charge is 0.289 e. The lowest BCUT2D eigenvalue weighted by Crippen LogP contribution is -2.18. The molecule has 1 aromatic heterocycles. The number of benzene rings is 1. The monoisotopic (exact) mass is 259 g/mol. The van der Waals surface area contributed by atoms with Gasteiger partial charge in [-0.3, -0.25) is 9.78 Å². The second-order valence-corrected chi connectivity index (χ2v) is 3.90. The number of carbonyl (C=O) groups excluding carboxylic acids is 1. The minimum atomic E-state index is -0.346. The van der Waals surface area contributed by atoms with Crippen LogP contribution in [0.1, 0.15) is 16.1 Å². The molecule has 0 aliphatic heterocycles. The van der Waals surface area contributed by atoms with Crippen LogP contribution in [-0.4, -0.2) is 17.1 Å². The number of hydrogen-bond acceptors (Lipinski definition) is 3. The van der Waals surface area contributed by atoms with Crippen LogP contribution in [0.5, 0.6) is 0 Å². The van der Waals surface area contributed by atoms with E-state index in [1.165, 1.54) is 6.21 Å². The summed E-state index contributed by atoms with van der Waals surface area (Å²) in [5, 5.41) is 4.50. The fourth-order valence-corrected chi connectivity index (χ4v) is 1.39. The Labute approximate surface area is 109 Å². The SMILES string of the molecule is O=C(N/N=C\c1ccc(Cl)cc1)c1ccccn1. The standard InChI is InChI=1S/C13H10ClN3O/c14-11-6-4-10(5-7-11)9-16-17-13(18)12-3-1-2-8-15-12/h1-9H,(H,17,18)/b16-9-. The van der Waals surface area contributed by atoms with Crippen molar-refractivity contribution in [3.63, 3.8) is 0 Å². The summed E-state index contributed by atoms with van der Waals surface area (Å²) in [5.74, 6) is -0.346. The Balaban J connectivity index is 1.96. The van der Waals surface area contributed by atoms with Gasteiger partial charge in [0.2, 0.25) is 0 Å². The summed E-state index contributed by atoms with van der Waals surface area (Å²) in [6.45, 7) is 0. The van der Waals surface area contributed by atoms with E-state index in [4.69, 9.17) is 11.6 Å². The molecular weight excluding hydrogens is 250 g/mol. The van der Waals surface area contributed by atoms with Gasteiger partial charge in [-0.15, -0.1) is 0 Å². The Morgan fingerprint density at radius 2 is 2.00 bits per heavy atom. The third-order valence-corrected chi connectivity index (χ3v) is 2.40. The van der Waals surface area contributed by atoms with Crippen LogP contribution >= 0.6 is 11.6 Å².